The maximum Gasteiger partial charge on any atom is 0.237 e. The first-order chi connectivity index (χ1) is 9.08. The van der Waals surface area contributed by atoms with E-state index < -0.39 is 6.04 Å². The van der Waals surface area contributed by atoms with Crippen molar-refractivity contribution in [3.8, 4) is 11.3 Å². The number of nitrogens with zero attached hydrogens (tertiary/aromatic N) is 2. The monoisotopic (exact) mass is 276 g/mol. The smallest absolute Gasteiger partial charge is 0.237 e. The van der Waals surface area contributed by atoms with E-state index in [9.17, 15) is 4.79 Å². The zero-order chi connectivity index (χ0) is 13.8. The van der Waals surface area contributed by atoms with Gasteiger partial charge in [0, 0.05) is 23.3 Å². The minimum absolute atomic E-state index is 0.140. The zero-order valence-corrected chi connectivity index (χ0v) is 11.6. The van der Waals surface area contributed by atoms with Crippen LogP contribution in [0.15, 0.2) is 29.9 Å². The molecule has 0 aliphatic carbocycles. The van der Waals surface area contributed by atoms with E-state index >= 15 is 0 Å². The Morgan fingerprint density at radius 2 is 2.05 bits per heavy atom. The number of hydrogen-bond acceptors (Lipinski definition) is 5. The maximum atomic E-state index is 11.5. The van der Waals surface area contributed by atoms with Crippen LogP contribution in [0.4, 0.5) is 0 Å². The molecule has 100 valence electrons. The molecule has 0 radical (unpaired) electrons. The third kappa shape index (κ3) is 3.36. The quantitative estimate of drug-likeness (QED) is 0.891. The van der Waals surface area contributed by atoms with E-state index in [1.54, 1.807) is 19.3 Å². The van der Waals surface area contributed by atoms with Crippen LogP contribution in [0.2, 0.25) is 0 Å². The van der Waals surface area contributed by atoms with Gasteiger partial charge in [0.25, 0.3) is 0 Å². The number of amides is 1. The Balaban J connectivity index is 2.11. The summed E-state index contributed by atoms with van der Waals surface area (Å²) in [6.07, 6.45) is 3.46. The van der Waals surface area contributed by atoms with E-state index in [0.717, 1.165) is 16.3 Å². The molecule has 6 heteroatoms. The summed E-state index contributed by atoms with van der Waals surface area (Å²) in [5.74, 6) is -0.173. The third-order valence-electron chi connectivity index (χ3n) is 2.64. The number of pyridine rings is 1. The van der Waals surface area contributed by atoms with Gasteiger partial charge in [0.15, 0.2) is 0 Å². The Morgan fingerprint density at radius 1 is 1.37 bits per heavy atom. The number of nitrogens with two attached hydrogens (primary N) is 1. The lowest BCUT2D eigenvalue weighted by molar-refractivity contribution is -0.122. The van der Waals surface area contributed by atoms with Crippen LogP contribution in [-0.2, 0) is 4.79 Å². The molecule has 0 spiro atoms. The Labute approximate surface area is 115 Å². The molecule has 0 aromatic carbocycles. The maximum absolute atomic E-state index is 11.5. The number of thiazole rings is 1. The molecule has 1 amide bonds. The summed E-state index contributed by atoms with van der Waals surface area (Å²) in [5, 5.41) is 5.67. The lowest BCUT2D eigenvalue weighted by Gasteiger charge is -2.12. The lowest BCUT2D eigenvalue weighted by Crippen LogP contribution is -2.39. The van der Waals surface area contributed by atoms with Gasteiger partial charge in [-0.05, 0) is 26.0 Å². The topological polar surface area (TPSA) is 80.9 Å². The number of nitrogens with one attached hydrogen (secondary N) is 1. The normalized spacial score (nSPS) is 13.8. The molecule has 2 aromatic rings. The molecule has 2 aromatic heterocycles. The molecule has 19 heavy (non-hydrogen) atoms. The average molecular weight is 276 g/mol. The van der Waals surface area contributed by atoms with Crippen molar-refractivity contribution in [3.63, 3.8) is 0 Å². The highest BCUT2D eigenvalue weighted by molar-refractivity contribution is 7.10. The summed E-state index contributed by atoms with van der Waals surface area (Å²) in [7, 11) is 0. The van der Waals surface area contributed by atoms with Crippen LogP contribution >= 0.6 is 11.3 Å². The van der Waals surface area contributed by atoms with Gasteiger partial charge in [0.2, 0.25) is 5.91 Å². The fourth-order valence-electron chi connectivity index (χ4n) is 1.55. The summed E-state index contributed by atoms with van der Waals surface area (Å²) >= 11 is 1.52. The van der Waals surface area contributed by atoms with E-state index in [0.29, 0.717) is 0 Å². The van der Waals surface area contributed by atoms with Crippen LogP contribution in [0.3, 0.4) is 0 Å². The van der Waals surface area contributed by atoms with Crippen molar-refractivity contribution in [2.24, 2.45) is 5.73 Å². The predicted octanol–water partition coefficient (Wildman–Crippen LogP) is 1.73. The van der Waals surface area contributed by atoms with Crippen molar-refractivity contribution in [1.82, 2.24) is 15.3 Å². The number of carbonyl (C=O) groups is 1. The Kier molecular flexibility index (Phi) is 4.24. The molecule has 0 saturated carbocycles. The second kappa shape index (κ2) is 5.90. The molecule has 0 saturated heterocycles. The second-order valence-electron chi connectivity index (χ2n) is 4.33. The van der Waals surface area contributed by atoms with Crippen LogP contribution < -0.4 is 11.1 Å². The van der Waals surface area contributed by atoms with Crippen LogP contribution in [0.1, 0.15) is 24.9 Å². The van der Waals surface area contributed by atoms with Gasteiger partial charge in [-0.1, -0.05) is 0 Å². The minimum Gasteiger partial charge on any atom is -0.346 e. The Morgan fingerprint density at radius 3 is 2.68 bits per heavy atom. The van der Waals surface area contributed by atoms with E-state index in [4.69, 9.17) is 5.73 Å². The van der Waals surface area contributed by atoms with Crippen LogP contribution in [0, 0.1) is 0 Å². The zero-order valence-electron chi connectivity index (χ0n) is 10.8. The summed E-state index contributed by atoms with van der Waals surface area (Å²) < 4.78 is 0. The standard InChI is InChI=1S/C13H16N4OS/c1-8(14)12(18)16-9(2)13-17-11(7-19-13)10-3-5-15-6-4-10/h3-9H,14H2,1-2H3,(H,16,18)/t8-,9?/m1/s1. The van der Waals surface area contributed by atoms with Gasteiger partial charge >= 0.3 is 0 Å². The fraction of sp³-hybridized carbons (Fsp3) is 0.308. The van der Waals surface area contributed by atoms with Crippen LogP contribution in [0.5, 0.6) is 0 Å². The van der Waals surface area contributed by atoms with Gasteiger partial charge in [0.05, 0.1) is 17.8 Å². The van der Waals surface area contributed by atoms with E-state index in [1.165, 1.54) is 11.3 Å². The molecule has 2 atom stereocenters. The Hall–Kier alpha value is -1.79. The average Bonchev–Trinajstić information content (AvgIpc) is 2.89. The van der Waals surface area contributed by atoms with Crippen molar-refractivity contribution >= 4 is 17.2 Å². The molecular formula is C13H16N4OS. The van der Waals surface area contributed by atoms with Crippen molar-refractivity contribution < 1.29 is 4.79 Å². The summed E-state index contributed by atoms with van der Waals surface area (Å²) in [4.78, 5) is 20.0. The molecule has 2 rings (SSSR count). The number of rotatable bonds is 4. The molecule has 0 bridgehead atoms. The third-order valence-corrected chi connectivity index (χ3v) is 3.67. The van der Waals surface area contributed by atoms with E-state index in [1.807, 2.05) is 24.4 Å². The lowest BCUT2D eigenvalue weighted by atomic mass is 10.2. The molecule has 5 nitrogen and oxygen atoms in total. The predicted molar refractivity (Wildman–Crippen MR) is 75.6 cm³/mol. The number of carbonyl (C=O) groups excluding carboxylic acids is 1. The molecule has 3 N–H and O–H groups in total. The molecular weight excluding hydrogens is 260 g/mol. The second-order valence-corrected chi connectivity index (χ2v) is 5.22. The largest absolute Gasteiger partial charge is 0.346 e. The highest BCUT2D eigenvalue weighted by Gasteiger charge is 2.15. The van der Waals surface area contributed by atoms with Crippen molar-refractivity contribution in [2.75, 3.05) is 0 Å². The molecule has 0 aliphatic heterocycles. The highest BCUT2D eigenvalue weighted by Crippen LogP contribution is 2.24. The summed E-state index contributed by atoms with van der Waals surface area (Å²) in [5.41, 5.74) is 7.43. The molecule has 0 aliphatic rings. The SMILES string of the molecule is CC(NC(=O)[C@@H](C)N)c1nc(-c2ccncc2)cs1. The van der Waals surface area contributed by atoms with Gasteiger partial charge in [-0.3, -0.25) is 9.78 Å². The van der Waals surface area contributed by atoms with Crippen molar-refractivity contribution in [3.05, 3.63) is 34.9 Å². The highest BCUT2D eigenvalue weighted by atomic mass is 32.1. The van der Waals surface area contributed by atoms with Gasteiger partial charge in [-0.25, -0.2) is 4.98 Å². The summed E-state index contributed by atoms with van der Waals surface area (Å²) in [6.45, 7) is 3.56. The fourth-order valence-corrected chi connectivity index (χ4v) is 2.38. The first-order valence-electron chi connectivity index (χ1n) is 5.99. The minimum atomic E-state index is -0.512. The van der Waals surface area contributed by atoms with E-state index in [-0.39, 0.29) is 11.9 Å². The van der Waals surface area contributed by atoms with Crippen molar-refractivity contribution in [1.29, 1.82) is 0 Å². The molecule has 2 heterocycles. The molecule has 1 unspecified atom stereocenters. The van der Waals surface area contributed by atoms with Gasteiger partial charge in [-0.15, -0.1) is 11.3 Å². The number of hydrogen-bond donors (Lipinski definition) is 2. The molecule has 0 fully saturated rings. The van der Waals surface area contributed by atoms with Crippen LogP contribution in [-0.4, -0.2) is 21.9 Å². The first kappa shape index (κ1) is 13.6. The van der Waals surface area contributed by atoms with Crippen molar-refractivity contribution in [2.45, 2.75) is 25.9 Å². The van der Waals surface area contributed by atoms with Gasteiger partial charge in [-0.2, -0.15) is 0 Å². The van der Waals surface area contributed by atoms with Gasteiger partial charge in [0.1, 0.15) is 5.01 Å². The summed E-state index contributed by atoms with van der Waals surface area (Å²) in [6, 6.07) is 3.16. The number of aromatic nitrogens is 2. The van der Waals surface area contributed by atoms with Crippen LogP contribution in [0.25, 0.3) is 11.3 Å². The van der Waals surface area contributed by atoms with Gasteiger partial charge < -0.3 is 11.1 Å². The Bertz CT molecular complexity index is 553. The van der Waals surface area contributed by atoms with E-state index in [2.05, 4.69) is 15.3 Å². The first-order valence-corrected chi connectivity index (χ1v) is 6.87.